The molecule has 0 saturated carbocycles. The molecule has 2 rings (SSSR count). The Morgan fingerprint density at radius 3 is 2.69 bits per heavy atom. The van der Waals surface area contributed by atoms with E-state index in [2.05, 4.69) is 9.97 Å². The lowest BCUT2D eigenvalue weighted by Crippen LogP contribution is -2.02. The van der Waals surface area contributed by atoms with Gasteiger partial charge in [-0.25, -0.2) is 14.4 Å². The van der Waals surface area contributed by atoms with Crippen molar-refractivity contribution in [1.82, 2.24) is 9.97 Å². The van der Waals surface area contributed by atoms with Gasteiger partial charge < -0.3 is 5.73 Å². The summed E-state index contributed by atoms with van der Waals surface area (Å²) < 4.78 is 13.2. The van der Waals surface area contributed by atoms with Gasteiger partial charge in [0.05, 0.1) is 5.69 Å². The zero-order valence-corrected chi connectivity index (χ0v) is 9.29. The van der Waals surface area contributed by atoms with Gasteiger partial charge in [0.25, 0.3) is 0 Å². The number of nitrogens with two attached hydrogens (primary N) is 1. The molecule has 16 heavy (non-hydrogen) atoms. The Morgan fingerprint density at radius 2 is 2.06 bits per heavy atom. The van der Waals surface area contributed by atoms with E-state index in [1.165, 1.54) is 0 Å². The standard InChI is InChI=1S/C11H9ClFN3/c1-6-9(13)10(14)16-11(15-6)7-3-2-4-8(12)5-7/h2-5H,1H3,(H2,14,15,16). The predicted molar refractivity (Wildman–Crippen MR) is 61.6 cm³/mol. The van der Waals surface area contributed by atoms with Crippen molar-refractivity contribution in [1.29, 1.82) is 0 Å². The summed E-state index contributed by atoms with van der Waals surface area (Å²) in [6.45, 7) is 1.54. The van der Waals surface area contributed by atoms with Crippen LogP contribution in [-0.2, 0) is 0 Å². The van der Waals surface area contributed by atoms with Crippen LogP contribution in [0.1, 0.15) is 5.69 Å². The number of hydrogen-bond acceptors (Lipinski definition) is 3. The minimum atomic E-state index is -0.578. The first-order chi connectivity index (χ1) is 7.58. The van der Waals surface area contributed by atoms with Crippen LogP contribution in [0.15, 0.2) is 24.3 Å². The summed E-state index contributed by atoms with van der Waals surface area (Å²) in [4.78, 5) is 7.90. The van der Waals surface area contributed by atoms with Crippen molar-refractivity contribution in [2.45, 2.75) is 6.92 Å². The van der Waals surface area contributed by atoms with Crippen molar-refractivity contribution in [2.75, 3.05) is 5.73 Å². The maximum absolute atomic E-state index is 13.2. The molecule has 0 aliphatic rings. The van der Waals surface area contributed by atoms with Gasteiger partial charge in [0.1, 0.15) is 0 Å². The molecule has 1 aromatic heterocycles. The molecule has 0 radical (unpaired) electrons. The van der Waals surface area contributed by atoms with Gasteiger partial charge in [-0.15, -0.1) is 0 Å². The first-order valence-electron chi connectivity index (χ1n) is 4.63. The molecule has 0 amide bonds. The number of hydrogen-bond donors (Lipinski definition) is 1. The summed E-state index contributed by atoms with van der Waals surface area (Å²) >= 11 is 5.84. The fourth-order valence-electron chi connectivity index (χ4n) is 1.34. The lowest BCUT2D eigenvalue weighted by atomic mass is 10.2. The second-order valence-corrected chi connectivity index (χ2v) is 3.78. The molecule has 0 spiro atoms. The highest BCUT2D eigenvalue weighted by Crippen LogP contribution is 2.21. The van der Waals surface area contributed by atoms with E-state index in [1.54, 1.807) is 31.2 Å². The molecule has 0 aliphatic carbocycles. The first-order valence-corrected chi connectivity index (χ1v) is 5.01. The Labute approximate surface area is 97.1 Å². The number of halogens is 2. The predicted octanol–water partition coefficient (Wildman–Crippen LogP) is 2.83. The van der Waals surface area contributed by atoms with E-state index >= 15 is 0 Å². The van der Waals surface area contributed by atoms with Gasteiger partial charge in [-0.3, -0.25) is 0 Å². The molecule has 0 atom stereocenters. The maximum Gasteiger partial charge on any atom is 0.186 e. The van der Waals surface area contributed by atoms with Gasteiger partial charge in [0.15, 0.2) is 17.5 Å². The Morgan fingerprint density at radius 1 is 1.31 bits per heavy atom. The summed E-state index contributed by atoms with van der Waals surface area (Å²) in [5, 5.41) is 0.571. The van der Waals surface area contributed by atoms with Crippen molar-refractivity contribution in [3.63, 3.8) is 0 Å². The van der Waals surface area contributed by atoms with Crippen molar-refractivity contribution >= 4 is 17.4 Å². The highest BCUT2D eigenvalue weighted by molar-refractivity contribution is 6.30. The summed E-state index contributed by atoms with van der Waals surface area (Å²) in [5.74, 6) is -0.354. The van der Waals surface area contributed by atoms with Crippen LogP contribution >= 0.6 is 11.6 Å². The molecule has 0 bridgehead atoms. The van der Waals surface area contributed by atoms with Gasteiger partial charge in [0.2, 0.25) is 0 Å². The lowest BCUT2D eigenvalue weighted by molar-refractivity contribution is 0.608. The van der Waals surface area contributed by atoms with Crippen molar-refractivity contribution in [3.05, 3.63) is 40.8 Å². The third kappa shape index (κ3) is 1.97. The third-order valence-corrected chi connectivity index (χ3v) is 2.36. The molecule has 82 valence electrons. The smallest absolute Gasteiger partial charge is 0.186 e. The average Bonchev–Trinajstić information content (AvgIpc) is 2.25. The number of nitrogens with zero attached hydrogens (tertiary/aromatic N) is 2. The van der Waals surface area contributed by atoms with Crippen molar-refractivity contribution < 1.29 is 4.39 Å². The van der Waals surface area contributed by atoms with Crippen molar-refractivity contribution in [2.24, 2.45) is 0 Å². The average molecular weight is 238 g/mol. The highest BCUT2D eigenvalue weighted by Gasteiger charge is 2.09. The molecule has 3 nitrogen and oxygen atoms in total. The van der Waals surface area contributed by atoms with Gasteiger partial charge >= 0.3 is 0 Å². The minimum Gasteiger partial charge on any atom is -0.381 e. The number of nitrogen functional groups attached to an aromatic ring is 1. The molecular formula is C11H9ClFN3. The van der Waals surface area contributed by atoms with E-state index in [4.69, 9.17) is 17.3 Å². The van der Waals surface area contributed by atoms with Crippen LogP contribution in [0.4, 0.5) is 10.2 Å². The SMILES string of the molecule is Cc1nc(-c2cccc(Cl)c2)nc(N)c1F. The third-order valence-electron chi connectivity index (χ3n) is 2.13. The van der Waals surface area contributed by atoms with Gasteiger partial charge in [0, 0.05) is 10.6 Å². The Bertz CT molecular complexity index is 519. The van der Waals surface area contributed by atoms with Crippen LogP contribution in [0.5, 0.6) is 0 Å². The van der Waals surface area contributed by atoms with E-state index in [0.717, 1.165) is 0 Å². The Balaban J connectivity index is 2.57. The number of benzene rings is 1. The van der Waals surface area contributed by atoms with E-state index in [1.807, 2.05) is 0 Å². The van der Waals surface area contributed by atoms with Crippen LogP contribution in [0.3, 0.4) is 0 Å². The minimum absolute atomic E-state index is 0.150. The fourth-order valence-corrected chi connectivity index (χ4v) is 1.53. The largest absolute Gasteiger partial charge is 0.381 e. The molecule has 1 heterocycles. The van der Waals surface area contributed by atoms with E-state index in [-0.39, 0.29) is 11.5 Å². The van der Waals surface area contributed by atoms with Crippen LogP contribution in [0, 0.1) is 12.7 Å². The maximum atomic E-state index is 13.2. The molecule has 0 saturated heterocycles. The van der Waals surface area contributed by atoms with Crippen LogP contribution in [0.25, 0.3) is 11.4 Å². The number of anilines is 1. The first kappa shape index (κ1) is 10.8. The topological polar surface area (TPSA) is 51.8 Å². The zero-order valence-electron chi connectivity index (χ0n) is 8.54. The Hall–Kier alpha value is -1.68. The lowest BCUT2D eigenvalue weighted by Gasteiger charge is -2.04. The van der Waals surface area contributed by atoms with Crippen LogP contribution < -0.4 is 5.73 Å². The number of aromatic nitrogens is 2. The summed E-state index contributed by atoms with van der Waals surface area (Å²) in [6.07, 6.45) is 0. The molecular weight excluding hydrogens is 229 g/mol. The molecule has 0 unspecified atom stereocenters. The van der Waals surface area contributed by atoms with E-state index < -0.39 is 5.82 Å². The van der Waals surface area contributed by atoms with Gasteiger partial charge in [-0.1, -0.05) is 23.7 Å². The van der Waals surface area contributed by atoms with Gasteiger partial charge in [-0.05, 0) is 19.1 Å². The quantitative estimate of drug-likeness (QED) is 0.830. The number of rotatable bonds is 1. The van der Waals surface area contributed by atoms with E-state index in [0.29, 0.717) is 16.4 Å². The fraction of sp³-hybridized carbons (Fsp3) is 0.0909. The van der Waals surface area contributed by atoms with Gasteiger partial charge in [-0.2, -0.15) is 0 Å². The van der Waals surface area contributed by atoms with Crippen LogP contribution in [0.2, 0.25) is 5.02 Å². The molecule has 0 aliphatic heterocycles. The zero-order chi connectivity index (χ0) is 11.7. The summed E-state index contributed by atoms with van der Waals surface area (Å²) in [5.41, 5.74) is 6.37. The molecule has 5 heteroatoms. The van der Waals surface area contributed by atoms with E-state index in [9.17, 15) is 4.39 Å². The molecule has 1 aromatic carbocycles. The summed E-state index contributed by atoms with van der Waals surface area (Å²) in [7, 11) is 0. The molecule has 0 fully saturated rings. The monoisotopic (exact) mass is 237 g/mol. The highest BCUT2D eigenvalue weighted by atomic mass is 35.5. The second-order valence-electron chi connectivity index (χ2n) is 3.34. The Kier molecular flexibility index (Phi) is 2.75. The van der Waals surface area contributed by atoms with Crippen LogP contribution in [-0.4, -0.2) is 9.97 Å². The molecule has 2 N–H and O–H groups in total. The second kappa shape index (κ2) is 4.06. The van der Waals surface area contributed by atoms with Crippen molar-refractivity contribution in [3.8, 4) is 11.4 Å². The number of aryl methyl sites for hydroxylation is 1. The molecule has 2 aromatic rings. The summed E-state index contributed by atoms with van der Waals surface area (Å²) in [6, 6.07) is 7.01. The normalized spacial score (nSPS) is 10.4.